The van der Waals surface area contributed by atoms with Crippen molar-refractivity contribution < 1.29 is 9.53 Å². The highest BCUT2D eigenvalue weighted by Gasteiger charge is 2.21. The lowest BCUT2D eigenvalue weighted by Crippen LogP contribution is -2.28. The summed E-state index contributed by atoms with van der Waals surface area (Å²) in [7, 11) is 1.81. The lowest BCUT2D eigenvalue weighted by atomic mass is 10.0. The highest BCUT2D eigenvalue weighted by Crippen LogP contribution is 2.18. The number of amides is 1. The fourth-order valence-electron chi connectivity index (χ4n) is 2.55. The van der Waals surface area contributed by atoms with Crippen LogP contribution in [0.5, 0.6) is 0 Å². The Morgan fingerprint density at radius 1 is 1.38 bits per heavy atom. The van der Waals surface area contributed by atoms with Crippen LogP contribution >= 0.6 is 0 Å². The van der Waals surface area contributed by atoms with Crippen LogP contribution in [0.25, 0.3) is 11.0 Å². The van der Waals surface area contributed by atoms with E-state index >= 15 is 0 Å². The lowest BCUT2D eigenvalue weighted by molar-refractivity contribution is -0.131. The summed E-state index contributed by atoms with van der Waals surface area (Å²) in [5.74, 6) is 0.503. The van der Waals surface area contributed by atoms with Crippen LogP contribution in [0.15, 0.2) is 30.5 Å². The molecule has 1 fully saturated rings. The minimum absolute atomic E-state index is 0.139. The summed E-state index contributed by atoms with van der Waals surface area (Å²) in [6.07, 6.45) is 3.28. The average molecular weight is 285 g/mol. The number of hydrogen-bond acceptors (Lipinski definition) is 4. The fraction of sp³-hybridized carbons (Fsp3) is 0.438. The minimum atomic E-state index is 0.139. The van der Waals surface area contributed by atoms with Gasteiger partial charge in [-0.2, -0.15) is 0 Å². The molecule has 0 bridgehead atoms. The van der Waals surface area contributed by atoms with Crippen LogP contribution in [0.2, 0.25) is 0 Å². The molecular weight excluding hydrogens is 266 g/mol. The number of fused-ring (bicyclic) bond motifs is 1. The molecular formula is C16H19N3O2. The van der Waals surface area contributed by atoms with Gasteiger partial charge in [0.1, 0.15) is 0 Å². The van der Waals surface area contributed by atoms with Crippen LogP contribution in [0.4, 0.5) is 0 Å². The predicted octanol–water partition coefficient (Wildman–Crippen LogP) is 2.01. The molecule has 21 heavy (non-hydrogen) atoms. The maximum absolute atomic E-state index is 12.2. The third kappa shape index (κ3) is 3.36. The van der Waals surface area contributed by atoms with Gasteiger partial charge >= 0.3 is 0 Å². The van der Waals surface area contributed by atoms with E-state index in [0.29, 0.717) is 25.5 Å². The number of rotatable bonds is 4. The lowest BCUT2D eigenvalue weighted by Gasteiger charge is -2.18. The first-order valence-corrected chi connectivity index (χ1v) is 7.25. The first kappa shape index (κ1) is 13.9. The second kappa shape index (κ2) is 6.18. The van der Waals surface area contributed by atoms with E-state index in [1.54, 1.807) is 11.1 Å². The zero-order valence-corrected chi connectivity index (χ0v) is 12.2. The van der Waals surface area contributed by atoms with Crippen molar-refractivity contribution in [3.8, 4) is 0 Å². The van der Waals surface area contributed by atoms with Crippen molar-refractivity contribution in [3.05, 3.63) is 36.2 Å². The summed E-state index contributed by atoms with van der Waals surface area (Å²) in [4.78, 5) is 22.8. The third-order valence-corrected chi connectivity index (χ3v) is 3.81. The zero-order chi connectivity index (χ0) is 14.7. The second-order valence-corrected chi connectivity index (χ2v) is 5.53. The molecule has 110 valence electrons. The summed E-state index contributed by atoms with van der Waals surface area (Å²) in [5, 5.41) is 0. The van der Waals surface area contributed by atoms with Gasteiger partial charge in [0.2, 0.25) is 5.91 Å². The Bertz CT molecular complexity index is 638. The Balaban J connectivity index is 1.64. The van der Waals surface area contributed by atoms with Gasteiger partial charge < -0.3 is 9.64 Å². The fourth-order valence-corrected chi connectivity index (χ4v) is 2.55. The molecule has 2 aromatic rings. The normalized spacial score (nSPS) is 18.0. The van der Waals surface area contributed by atoms with Gasteiger partial charge in [-0.25, -0.2) is 4.98 Å². The molecule has 1 aliphatic rings. The first-order valence-electron chi connectivity index (χ1n) is 7.25. The van der Waals surface area contributed by atoms with Crippen molar-refractivity contribution in [3.63, 3.8) is 0 Å². The molecule has 1 amide bonds. The maximum Gasteiger partial charge on any atom is 0.223 e. The molecule has 1 unspecified atom stereocenters. The predicted molar refractivity (Wildman–Crippen MR) is 79.6 cm³/mol. The number of aromatic nitrogens is 2. The Morgan fingerprint density at radius 3 is 2.95 bits per heavy atom. The van der Waals surface area contributed by atoms with Gasteiger partial charge in [0, 0.05) is 26.7 Å². The molecule has 1 aromatic heterocycles. The minimum Gasteiger partial charge on any atom is -0.381 e. The van der Waals surface area contributed by atoms with Gasteiger partial charge in [0.05, 0.1) is 29.5 Å². The molecule has 5 nitrogen and oxygen atoms in total. The van der Waals surface area contributed by atoms with Crippen molar-refractivity contribution in [1.82, 2.24) is 14.9 Å². The van der Waals surface area contributed by atoms with Crippen LogP contribution in [0.3, 0.4) is 0 Å². The van der Waals surface area contributed by atoms with E-state index in [4.69, 9.17) is 4.74 Å². The Kier molecular flexibility index (Phi) is 4.10. The molecule has 3 rings (SSSR count). The quantitative estimate of drug-likeness (QED) is 0.862. The zero-order valence-electron chi connectivity index (χ0n) is 12.2. The highest BCUT2D eigenvalue weighted by atomic mass is 16.5. The van der Waals surface area contributed by atoms with E-state index in [1.165, 1.54) is 0 Å². The number of carbonyl (C=O) groups is 1. The Hall–Kier alpha value is -2.01. The number of para-hydroxylation sites is 2. The molecule has 1 saturated heterocycles. The van der Waals surface area contributed by atoms with Crippen molar-refractivity contribution >= 4 is 16.9 Å². The smallest absolute Gasteiger partial charge is 0.223 e. The van der Waals surface area contributed by atoms with Crippen molar-refractivity contribution in [2.75, 3.05) is 20.3 Å². The van der Waals surface area contributed by atoms with Gasteiger partial charge in [-0.1, -0.05) is 12.1 Å². The van der Waals surface area contributed by atoms with Crippen molar-refractivity contribution in [1.29, 1.82) is 0 Å². The van der Waals surface area contributed by atoms with Crippen LogP contribution < -0.4 is 0 Å². The highest BCUT2D eigenvalue weighted by molar-refractivity contribution is 5.76. The van der Waals surface area contributed by atoms with E-state index in [0.717, 1.165) is 29.8 Å². The standard InChI is InChI=1S/C16H19N3O2/c1-19(16(20)8-12-6-7-21-11-12)10-13-9-17-14-4-2-3-5-15(14)18-13/h2-5,9,12H,6-8,10-11H2,1H3. The van der Waals surface area contributed by atoms with Crippen molar-refractivity contribution in [2.45, 2.75) is 19.4 Å². The summed E-state index contributed by atoms with van der Waals surface area (Å²) < 4.78 is 5.31. The van der Waals surface area contributed by atoms with Crippen LogP contribution in [-0.2, 0) is 16.1 Å². The Labute approximate surface area is 124 Å². The van der Waals surface area contributed by atoms with Gasteiger partial charge in [-0.05, 0) is 24.5 Å². The van der Waals surface area contributed by atoms with Gasteiger partial charge in [0.15, 0.2) is 0 Å². The summed E-state index contributed by atoms with van der Waals surface area (Å²) >= 11 is 0. The molecule has 0 aliphatic carbocycles. The molecule has 1 aromatic carbocycles. The van der Waals surface area contributed by atoms with Gasteiger partial charge in [0.25, 0.3) is 0 Å². The third-order valence-electron chi connectivity index (χ3n) is 3.81. The molecule has 1 aliphatic heterocycles. The van der Waals surface area contributed by atoms with Crippen LogP contribution in [-0.4, -0.2) is 41.0 Å². The first-order chi connectivity index (χ1) is 10.2. The number of hydrogen-bond donors (Lipinski definition) is 0. The van der Waals surface area contributed by atoms with Crippen molar-refractivity contribution in [2.24, 2.45) is 5.92 Å². The van der Waals surface area contributed by atoms with E-state index < -0.39 is 0 Å². The molecule has 0 N–H and O–H groups in total. The van der Waals surface area contributed by atoms with E-state index in [9.17, 15) is 4.79 Å². The summed E-state index contributed by atoms with van der Waals surface area (Å²) in [6.45, 7) is 1.97. The molecule has 0 spiro atoms. The second-order valence-electron chi connectivity index (χ2n) is 5.53. The number of carbonyl (C=O) groups excluding carboxylic acids is 1. The number of benzene rings is 1. The molecule has 2 heterocycles. The van der Waals surface area contributed by atoms with Crippen LogP contribution in [0.1, 0.15) is 18.5 Å². The van der Waals surface area contributed by atoms with Gasteiger partial charge in [-0.3, -0.25) is 9.78 Å². The topological polar surface area (TPSA) is 55.3 Å². The molecule has 0 saturated carbocycles. The van der Waals surface area contributed by atoms with E-state index in [1.807, 2.05) is 31.3 Å². The summed E-state index contributed by atoms with van der Waals surface area (Å²) in [5.41, 5.74) is 2.55. The van der Waals surface area contributed by atoms with E-state index in [-0.39, 0.29) is 5.91 Å². The summed E-state index contributed by atoms with van der Waals surface area (Å²) in [6, 6.07) is 7.75. The largest absolute Gasteiger partial charge is 0.381 e. The SMILES string of the molecule is CN(Cc1cnc2ccccc2n1)C(=O)CC1CCOC1. The monoisotopic (exact) mass is 285 g/mol. The molecule has 5 heteroatoms. The van der Waals surface area contributed by atoms with Crippen LogP contribution in [0, 0.1) is 5.92 Å². The molecule has 0 radical (unpaired) electrons. The maximum atomic E-state index is 12.2. The van der Waals surface area contributed by atoms with Gasteiger partial charge in [-0.15, -0.1) is 0 Å². The van der Waals surface area contributed by atoms with E-state index in [2.05, 4.69) is 9.97 Å². The Morgan fingerprint density at radius 2 is 2.19 bits per heavy atom. The molecule has 1 atom stereocenters. The number of ether oxygens (including phenoxy) is 1. The average Bonchev–Trinajstić information content (AvgIpc) is 3.00. The number of nitrogens with zero attached hydrogens (tertiary/aromatic N) is 3.